The molecular weight excluding hydrogens is 200 g/mol. The summed E-state index contributed by atoms with van der Waals surface area (Å²) in [6, 6.07) is 0. The summed E-state index contributed by atoms with van der Waals surface area (Å²) in [5, 5.41) is 3.39. The zero-order valence-electron chi connectivity index (χ0n) is 11.0. The van der Waals surface area contributed by atoms with Crippen LogP contribution in [-0.2, 0) is 4.74 Å². The number of piperidine rings is 1. The van der Waals surface area contributed by atoms with Gasteiger partial charge in [-0.3, -0.25) is 0 Å². The van der Waals surface area contributed by atoms with E-state index in [1.165, 1.54) is 45.3 Å². The number of likely N-dealkylation sites (tertiary alicyclic amines) is 1. The monoisotopic (exact) mass is 228 g/mol. The Morgan fingerprint density at radius 1 is 1.19 bits per heavy atom. The normalized spacial score (nSPS) is 19.1. The predicted molar refractivity (Wildman–Crippen MR) is 68.8 cm³/mol. The van der Waals surface area contributed by atoms with E-state index in [2.05, 4.69) is 17.1 Å². The molecular formula is C13H28N2O. The Labute approximate surface area is 101 Å². The lowest BCUT2D eigenvalue weighted by Gasteiger charge is -2.30. The van der Waals surface area contributed by atoms with Gasteiger partial charge in [0.1, 0.15) is 0 Å². The van der Waals surface area contributed by atoms with E-state index >= 15 is 0 Å². The van der Waals surface area contributed by atoms with Crippen molar-refractivity contribution in [2.24, 2.45) is 5.92 Å². The van der Waals surface area contributed by atoms with Gasteiger partial charge in [0.05, 0.1) is 6.61 Å². The lowest BCUT2D eigenvalue weighted by Crippen LogP contribution is -2.33. The minimum Gasteiger partial charge on any atom is -0.383 e. The molecule has 3 nitrogen and oxygen atoms in total. The highest BCUT2D eigenvalue weighted by molar-refractivity contribution is 4.69. The largest absolute Gasteiger partial charge is 0.383 e. The van der Waals surface area contributed by atoms with Crippen LogP contribution in [0, 0.1) is 5.92 Å². The highest BCUT2D eigenvalue weighted by atomic mass is 16.5. The van der Waals surface area contributed by atoms with Crippen molar-refractivity contribution in [3.05, 3.63) is 0 Å². The van der Waals surface area contributed by atoms with Gasteiger partial charge >= 0.3 is 0 Å². The minimum absolute atomic E-state index is 0.823. The second-order valence-corrected chi connectivity index (χ2v) is 4.97. The van der Waals surface area contributed by atoms with Crippen LogP contribution >= 0.6 is 0 Å². The van der Waals surface area contributed by atoms with Gasteiger partial charge in [-0.1, -0.05) is 6.92 Å². The van der Waals surface area contributed by atoms with Crippen molar-refractivity contribution in [1.82, 2.24) is 10.2 Å². The van der Waals surface area contributed by atoms with Crippen LogP contribution < -0.4 is 5.32 Å². The molecule has 3 heteroatoms. The van der Waals surface area contributed by atoms with Gasteiger partial charge in [0.2, 0.25) is 0 Å². The predicted octanol–water partition coefficient (Wildman–Crippen LogP) is 1.73. The molecule has 16 heavy (non-hydrogen) atoms. The molecule has 1 rings (SSSR count). The Kier molecular flexibility index (Phi) is 7.81. The molecule has 0 aliphatic carbocycles. The fraction of sp³-hybridized carbons (Fsp3) is 1.00. The fourth-order valence-corrected chi connectivity index (χ4v) is 2.17. The van der Waals surface area contributed by atoms with Crippen LogP contribution in [0.2, 0.25) is 0 Å². The molecule has 1 N–H and O–H groups in total. The Morgan fingerprint density at radius 2 is 1.94 bits per heavy atom. The molecule has 1 saturated heterocycles. The maximum absolute atomic E-state index is 4.98. The number of rotatable bonds is 8. The second kappa shape index (κ2) is 8.97. The van der Waals surface area contributed by atoms with Gasteiger partial charge in [-0.2, -0.15) is 0 Å². The van der Waals surface area contributed by atoms with E-state index < -0.39 is 0 Å². The second-order valence-electron chi connectivity index (χ2n) is 4.97. The average Bonchev–Trinajstić information content (AvgIpc) is 2.30. The van der Waals surface area contributed by atoms with Crippen molar-refractivity contribution in [1.29, 1.82) is 0 Å². The molecule has 0 aromatic rings. The quantitative estimate of drug-likeness (QED) is 0.640. The van der Waals surface area contributed by atoms with Crippen LogP contribution in [0.5, 0.6) is 0 Å². The van der Waals surface area contributed by atoms with Crippen LogP contribution in [0.3, 0.4) is 0 Å². The van der Waals surface area contributed by atoms with Gasteiger partial charge in [0.15, 0.2) is 0 Å². The smallest absolute Gasteiger partial charge is 0.0587 e. The minimum atomic E-state index is 0.823. The molecule has 0 amide bonds. The highest BCUT2D eigenvalue weighted by Gasteiger charge is 2.14. The van der Waals surface area contributed by atoms with Crippen molar-refractivity contribution in [3.63, 3.8) is 0 Å². The topological polar surface area (TPSA) is 24.5 Å². The number of hydrogen-bond donors (Lipinski definition) is 1. The Balaban J connectivity index is 1.84. The summed E-state index contributed by atoms with van der Waals surface area (Å²) in [4.78, 5) is 2.62. The molecule has 0 aromatic heterocycles. The zero-order valence-corrected chi connectivity index (χ0v) is 11.0. The Hall–Kier alpha value is -0.120. The van der Waals surface area contributed by atoms with Gasteiger partial charge in [0, 0.05) is 13.7 Å². The number of methoxy groups -OCH3 is 1. The first-order chi connectivity index (χ1) is 7.83. The standard InChI is InChI=1S/C13H28N2O/c1-13-5-10-15(11-6-13)9-4-3-7-14-8-12-16-2/h13-14H,3-12H2,1-2H3. The molecule has 96 valence electrons. The summed E-state index contributed by atoms with van der Waals surface area (Å²) in [5.74, 6) is 0.951. The number of nitrogens with zero attached hydrogens (tertiary/aromatic N) is 1. The van der Waals surface area contributed by atoms with Crippen LogP contribution in [0.1, 0.15) is 32.6 Å². The van der Waals surface area contributed by atoms with Crippen molar-refractivity contribution in [3.8, 4) is 0 Å². The van der Waals surface area contributed by atoms with Crippen molar-refractivity contribution in [2.45, 2.75) is 32.6 Å². The average molecular weight is 228 g/mol. The SMILES string of the molecule is COCCNCCCCN1CCC(C)CC1. The third kappa shape index (κ3) is 6.46. The summed E-state index contributed by atoms with van der Waals surface area (Å²) < 4.78 is 4.98. The molecule has 1 heterocycles. The Bertz CT molecular complexity index is 156. The molecule has 0 aromatic carbocycles. The van der Waals surface area contributed by atoms with Crippen LogP contribution in [0.25, 0.3) is 0 Å². The van der Waals surface area contributed by atoms with E-state index in [0.717, 1.165) is 25.6 Å². The molecule has 1 aliphatic heterocycles. The van der Waals surface area contributed by atoms with Crippen molar-refractivity contribution >= 4 is 0 Å². The molecule has 1 fully saturated rings. The van der Waals surface area contributed by atoms with E-state index in [4.69, 9.17) is 4.74 Å². The number of nitrogens with one attached hydrogen (secondary N) is 1. The summed E-state index contributed by atoms with van der Waals surface area (Å²) in [6.45, 7) is 9.24. The van der Waals surface area contributed by atoms with E-state index in [9.17, 15) is 0 Å². The van der Waals surface area contributed by atoms with Gasteiger partial charge in [-0.05, 0) is 57.8 Å². The maximum Gasteiger partial charge on any atom is 0.0587 e. The summed E-state index contributed by atoms with van der Waals surface area (Å²) >= 11 is 0. The molecule has 0 radical (unpaired) electrons. The zero-order chi connectivity index (χ0) is 11.6. The van der Waals surface area contributed by atoms with Crippen molar-refractivity contribution in [2.75, 3.05) is 46.4 Å². The first-order valence-corrected chi connectivity index (χ1v) is 6.75. The number of unbranched alkanes of at least 4 members (excludes halogenated alkanes) is 1. The molecule has 0 atom stereocenters. The first-order valence-electron chi connectivity index (χ1n) is 6.75. The third-order valence-corrected chi connectivity index (χ3v) is 3.44. The fourth-order valence-electron chi connectivity index (χ4n) is 2.17. The van der Waals surface area contributed by atoms with Gasteiger partial charge in [-0.15, -0.1) is 0 Å². The van der Waals surface area contributed by atoms with Gasteiger partial charge in [-0.25, -0.2) is 0 Å². The summed E-state index contributed by atoms with van der Waals surface area (Å²) in [5.41, 5.74) is 0. The molecule has 0 unspecified atom stereocenters. The number of hydrogen-bond acceptors (Lipinski definition) is 3. The van der Waals surface area contributed by atoms with Gasteiger partial charge < -0.3 is 15.0 Å². The number of ether oxygens (including phenoxy) is 1. The molecule has 0 spiro atoms. The summed E-state index contributed by atoms with van der Waals surface area (Å²) in [6.07, 6.45) is 5.41. The first kappa shape index (κ1) is 13.9. The van der Waals surface area contributed by atoms with Gasteiger partial charge in [0.25, 0.3) is 0 Å². The van der Waals surface area contributed by atoms with E-state index in [-0.39, 0.29) is 0 Å². The summed E-state index contributed by atoms with van der Waals surface area (Å²) in [7, 11) is 1.75. The van der Waals surface area contributed by atoms with E-state index in [1.807, 2.05) is 0 Å². The lowest BCUT2D eigenvalue weighted by molar-refractivity contribution is 0.187. The van der Waals surface area contributed by atoms with E-state index in [1.54, 1.807) is 7.11 Å². The van der Waals surface area contributed by atoms with Crippen LogP contribution in [0.15, 0.2) is 0 Å². The van der Waals surface area contributed by atoms with E-state index in [0.29, 0.717) is 0 Å². The Morgan fingerprint density at radius 3 is 2.62 bits per heavy atom. The maximum atomic E-state index is 4.98. The lowest BCUT2D eigenvalue weighted by atomic mass is 9.99. The van der Waals surface area contributed by atoms with Crippen LogP contribution in [-0.4, -0.2) is 51.3 Å². The van der Waals surface area contributed by atoms with Crippen molar-refractivity contribution < 1.29 is 4.74 Å². The molecule has 0 bridgehead atoms. The van der Waals surface area contributed by atoms with Crippen LogP contribution in [0.4, 0.5) is 0 Å². The highest BCUT2D eigenvalue weighted by Crippen LogP contribution is 2.15. The molecule has 0 saturated carbocycles. The third-order valence-electron chi connectivity index (χ3n) is 3.44. The molecule has 1 aliphatic rings.